The minimum Gasteiger partial charge on any atom is -0.370 e. The first-order chi connectivity index (χ1) is 14.3. The van der Waals surface area contributed by atoms with E-state index in [0.29, 0.717) is 0 Å². The Balaban J connectivity index is 1.70. The lowest BCUT2D eigenvalue weighted by Gasteiger charge is -2.08. The molecule has 1 aromatic carbocycles. The van der Waals surface area contributed by atoms with Gasteiger partial charge in [-0.25, -0.2) is 13.9 Å². The van der Waals surface area contributed by atoms with Crippen LogP contribution < -0.4 is 5.32 Å². The van der Waals surface area contributed by atoms with Crippen molar-refractivity contribution in [2.24, 2.45) is 0 Å². The standard InChI is InChI=1S/C24H25FN4/c1-2-3-4-6-14-26-22-17-19(13-15-27-22)23-21-8-5-7-16-29(21)28-24(23)18-9-11-20(25)12-10-18/h5,7-13,15-17H,2-4,6,14H2,1H3,(H,26,27). The molecule has 3 heterocycles. The van der Waals surface area contributed by atoms with Gasteiger partial charge in [0.05, 0.1) is 5.52 Å². The highest BCUT2D eigenvalue weighted by Crippen LogP contribution is 2.35. The second-order valence-corrected chi connectivity index (χ2v) is 7.18. The van der Waals surface area contributed by atoms with Gasteiger partial charge >= 0.3 is 0 Å². The van der Waals surface area contributed by atoms with Gasteiger partial charge in [0.15, 0.2) is 0 Å². The summed E-state index contributed by atoms with van der Waals surface area (Å²) in [7, 11) is 0. The summed E-state index contributed by atoms with van der Waals surface area (Å²) in [5.74, 6) is 0.608. The normalized spacial score (nSPS) is 11.1. The van der Waals surface area contributed by atoms with Gasteiger partial charge in [0.2, 0.25) is 0 Å². The molecule has 0 fully saturated rings. The minimum absolute atomic E-state index is 0.252. The van der Waals surface area contributed by atoms with Gasteiger partial charge in [-0.2, -0.15) is 5.10 Å². The number of benzene rings is 1. The Bertz CT molecular complexity index is 1090. The van der Waals surface area contributed by atoms with Gasteiger partial charge in [0.25, 0.3) is 0 Å². The maximum atomic E-state index is 13.4. The fourth-order valence-corrected chi connectivity index (χ4v) is 3.54. The average molecular weight is 388 g/mol. The molecule has 0 saturated carbocycles. The molecule has 4 rings (SSSR count). The molecule has 0 radical (unpaired) electrons. The maximum absolute atomic E-state index is 13.4. The van der Waals surface area contributed by atoms with Gasteiger partial charge in [-0.1, -0.05) is 32.3 Å². The van der Waals surface area contributed by atoms with Crippen molar-refractivity contribution < 1.29 is 4.39 Å². The van der Waals surface area contributed by atoms with Gasteiger partial charge in [-0.05, 0) is 60.5 Å². The van der Waals surface area contributed by atoms with E-state index in [4.69, 9.17) is 5.10 Å². The molecular formula is C24H25FN4. The highest BCUT2D eigenvalue weighted by atomic mass is 19.1. The number of pyridine rings is 2. The molecule has 1 N–H and O–H groups in total. The third-order valence-electron chi connectivity index (χ3n) is 5.04. The summed E-state index contributed by atoms with van der Waals surface area (Å²) in [5, 5.41) is 8.20. The second kappa shape index (κ2) is 8.86. The van der Waals surface area contributed by atoms with E-state index in [0.717, 1.165) is 46.7 Å². The molecule has 148 valence electrons. The number of hydrogen-bond acceptors (Lipinski definition) is 3. The van der Waals surface area contributed by atoms with Crippen molar-refractivity contribution in [1.29, 1.82) is 0 Å². The molecule has 0 saturated heterocycles. The molecule has 3 aromatic heterocycles. The van der Waals surface area contributed by atoms with Crippen LogP contribution in [0.4, 0.5) is 10.2 Å². The molecule has 4 aromatic rings. The first kappa shape index (κ1) is 19.1. The minimum atomic E-state index is -0.252. The Morgan fingerprint density at radius 3 is 2.66 bits per heavy atom. The highest BCUT2D eigenvalue weighted by Gasteiger charge is 2.16. The van der Waals surface area contributed by atoms with Crippen LogP contribution >= 0.6 is 0 Å². The van der Waals surface area contributed by atoms with Crippen molar-refractivity contribution in [3.05, 3.63) is 72.8 Å². The molecule has 29 heavy (non-hydrogen) atoms. The lowest BCUT2D eigenvalue weighted by Crippen LogP contribution is -2.03. The monoisotopic (exact) mass is 388 g/mol. The summed E-state index contributed by atoms with van der Waals surface area (Å²) in [5.41, 5.74) is 4.78. The number of rotatable bonds is 8. The molecule has 0 aliphatic carbocycles. The number of fused-ring (bicyclic) bond motifs is 1. The number of nitrogens with zero attached hydrogens (tertiary/aromatic N) is 3. The summed E-state index contributed by atoms with van der Waals surface area (Å²) < 4.78 is 15.3. The third kappa shape index (κ3) is 4.29. The molecule has 0 atom stereocenters. The van der Waals surface area contributed by atoms with Crippen LogP contribution in [0.25, 0.3) is 27.9 Å². The Labute approximate surface area is 170 Å². The third-order valence-corrected chi connectivity index (χ3v) is 5.04. The molecule has 0 bridgehead atoms. The molecular weight excluding hydrogens is 363 g/mol. The quantitative estimate of drug-likeness (QED) is 0.366. The number of halogens is 1. The van der Waals surface area contributed by atoms with Gasteiger partial charge in [-0.15, -0.1) is 0 Å². The van der Waals surface area contributed by atoms with Crippen LogP contribution in [0.5, 0.6) is 0 Å². The van der Waals surface area contributed by atoms with Crippen LogP contribution in [0.15, 0.2) is 67.0 Å². The number of anilines is 1. The van der Waals surface area contributed by atoms with Gasteiger partial charge in [0, 0.05) is 30.1 Å². The van der Waals surface area contributed by atoms with Crippen LogP contribution in [0.2, 0.25) is 0 Å². The molecule has 0 aliphatic rings. The number of aromatic nitrogens is 3. The van der Waals surface area contributed by atoms with Crippen molar-refractivity contribution in [3.8, 4) is 22.4 Å². The largest absolute Gasteiger partial charge is 0.370 e. The Morgan fingerprint density at radius 2 is 1.83 bits per heavy atom. The van der Waals surface area contributed by atoms with E-state index in [9.17, 15) is 4.39 Å². The average Bonchev–Trinajstić information content (AvgIpc) is 3.14. The summed E-state index contributed by atoms with van der Waals surface area (Å²) in [6, 6.07) is 16.6. The Hall–Kier alpha value is -3.21. The van der Waals surface area contributed by atoms with Crippen LogP contribution in [0.3, 0.4) is 0 Å². The van der Waals surface area contributed by atoms with Crippen LogP contribution in [-0.2, 0) is 0 Å². The predicted octanol–water partition coefficient (Wildman–Crippen LogP) is 6.19. The van der Waals surface area contributed by atoms with Crippen molar-refractivity contribution in [2.75, 3.05) is 11.9 Å². The Morgan fingerprint density at radius 1 is 0.966 bits per heavy atom. The van der Waals surface area contributed by atoms with E-state index in [1.165, 1.54) is 31.4 Å². The summed E-state index contributed by atoms with van der Waals surface area (Å²) in [6.45, 7) is 3.13. The zero-order valence-electron chi connectivity index (χ0n) is 16.6. The topological polar surface area (TPSA) is 42.2 Å². The first-order valence-corrected chi connectivity index (χ1v) is 10.2. The summed E-state index contributed by atoms with van der Waals surface area (Å²) in [4.78, 5) is 4.47. The van der Waals surface area contributed by atoms with E-state index in [1.807, 2.05) is 41.2 Å². The number of nitrogens with one attached hydrogen (secondary N) is 1. The highest BCUT2D eigenvalue weighted by molar-refractivity contribution is 5.92. The van der Waals surface area contributed by atoms with Crippen LogP contribution in [-0.4, -0.2) is 21.1 Å². The lowest BCUT2D eigenvalue weighted by atomic mass is 10.0. The smallest absolute Gasteiger partial charge is 0.126 e. The van der Waals surface area contributed by atoms with Gasteiger partial charge < -0.3 is 5.32 Å². The van der Waals surface area contributed by atoms with Crippen LogP contribution in [0, 0.1) is 5.82 Å². The van der Waals surface area contributed by atoms with Gasteiger partial charge in [0.1, 0.15) is 17.3 Å². The van der Waals surface area contributed by atoms with E-state index >= 15 is 0 Å². The SMILES string of the molecule is CCCCCCNc1cc(-c2c(-c3ccc(F)cc3)nn3ccccc23)ccn1. The zero-order chi connectivity index (χ0) is 20.1. The van der Waals surface area contributed by atoms with Crippen LogP contribution in [0.1, 0.15) is 32.6 Å². The van der Waals surface area contributed by atoms with E-state index < -0.39 is 0 Å². The van der Waals surface area contributed by atoms with Crippen molar-refractivity contribution in [2.45, 2.75) is 32.6 Å². The molecule has 4 nitrogen and oxygen atoms in total. The number of unbranched alkanes of at least 4 members (excludes halogenated alkanes) is 3. The zero-order valence-corrected chi connectivity index (χ0v) is 16.6. The molecule has 0 amide bonds. The van der Waals surface area contributed by atoms with E-state index in [-0.39, 0.29) is 5.82 Å². The fourth-order valence-electron chi connectivity index (χ4n) is 3.54. The lowest BCUT2D eigenvalue weighted by molar-refractivity contribution is 0.628. The second-order valence-electron chi connectivity index (χ2n) is 7.18. The van der Waals surface area contributed by atoms with Crippen molar-refractivity contribution >= 4 is 11.3 Å². The van der Waals surface area contributed by atoms with E-state index in [2.05, 4.69) is 23.3 Å². The van der Waals surface area contributed by atoms with Crippen molar-refractivity contribution in [3.63, 3.8) is 0 Å². The summed E-state index contributed by atoms with van der Waals surface area (Å²) in [6.07, 6.45) is 8.61. The van der Waals surface area contributed by atoms with Gasteiger partial charge in [-0.3, -0.25) is 0 Å². The molecule has 0 unspecified atom stereocenters. The van der Waals surface area contributed by atoms with E-state index in [1.54, 1.807) is 12.1 Å². The number of hydrogen-bond donors (Lipinski definition) is 1. The molecule has 0 spiro atoms. The summed E-state index contributed by atoms with van der Waals surface area (Å²) >= 11 is 0. The maximum Gasteiger partial charge on any atom is 0.126 e. The Kier molecular flexibility index (Phi) is 5.84. The fraction of sp³-hybridized carbons (Fsp3) is 0.250. The molecule has 5 heteroatoms. The van der Waals surface area contributed by atoms with Crippen molar-refractivity contribution in [1.82, 2.24) is 14.6 Å². The predicted molar refractivity (Wildman–Crippen MR) is 116 cm³/mol. The first-order valence-electron chi connectivity index (χ1n) is 10.2. The molecule has 0 aliphatic heterocycles.